The summed E-state index contributed by atoms with van der Waals surface area (Å²) in [5.74, 6) is 0.0711. The standard InChI is InChI=1S/C18H21N3O2/c1-12-7-16(20-10-12)18(23)21-6-5-14(11-21)8-13-3-2-4-15(9-13)17(19)22/h2-4,7,9-10,14,20H,5-6,8,11H2,1H3,(H2,19,22)/t14-/m0/s1. The number of nitrogens with two attached hydrogens (primary N) is 1. The van der Waals surface area contributed by atoms with Crippen molar-refractivity contribution in [2.45, 2.75) is 19.8 Å². The van der Waals surface area contributed by atoms with Gasteiger partial charge in [0.05, 0.1) is 0 Å². The molecule has 120 valence electrons. The molecule has 2 heterocycles. The third kappa shape index (κ3) is 3.44. The van der Waals surface area contributed by atoms with Crippen molar-refractivity contribution in [1.29, 1.82) is 0 Å². The second kappa shape index (κ2) is 6.28. The number of likely N-dealkylation sites (tertiary alicyclic amines) is 1. The van der Waals surface area contributed by atoms with E-state index in [0.717, 1.165) is 37.1 Å². The minimum absolute atomic E-state index is 0.0616. The molecule has 1 aromatic heterocycles. The quantitative estimate of drug-likeness (QED) is 0.907. The largest absolute Gasteiger partial charge is 0.366 e. The number of H-pyrrole nitrogens is 1. The van der Waals surface area contributed by atoms with Crippen LogP contribution >= 0.6 is 0 Å². The van der Waals surface area contributed by atoms with Crippen LogP contribution in [0.2, 0.25) is 0 Å². The highest BCUT2D eigenvalue weighted by molar-refractivity contribution is 5.93. The van der Waals surface area contributed by atoms with E-state index in [2.05, 4.69) is 4.98 Å². The van der Waals surface area contributed by atoms with Gasteiger partial charge in [-0.1, -0.05) is 12.1 Å². The van der Waals surface area contributed by atoms with E-state index in [1.165, 1.54) is 0 Å². The molecule has 0 unspecified atom stereocenters. The molecule has 5 nitrogen and oxygen atoms in total. The lowest BCUT2D eigenvalue weighted by Gasteiger charge is -2.16. The fraction of sp³-hybridized carbons (Fsp3) is 0.333. The molecule has 1 aromatic carbocycles. The molecule has 0 aliphatic carbocycles. The molecule has 0 radical (unpaired) electrons. The van der Waals surface area contributed by atoms with Gasteiger partial charge in [0.15, 0.2) is 0 Å². The average Bonchev–Trinajstić information content (AvgIpc) is 3.16. The molecule has 3 N–H and O–H groups in total. The van der Waals surface area contributed by atoms with E-state index < -0.39 is 5.91 Å². The van der Waals surface area contributed by atoms with Gasteiger partial charge in [-0.3, -0.25) is 9.59 Å². The van der Waals surface area contributed by atoms with Gasteiger partial charge in [-0.25, -0.2) is 0 Å². The van der Waals surface area contributed by atoms with Gasteiger partial charge >= 0.3 is 0 Å². The van der Waals surface area contributed by atoms with Gasteiger partial charge in [-0.05, 0) is 55.0 Å². The van der Waals surface area contributed by atoms with E-state index >= 15 is 0 Å². The number of carbonyl (C=O) groups excluding carboxylic acids is 2. The number of hydrogen-bond donors (Lipinski definition) is 2. The van der Waals surface area contributed by atoms with E-state index in [0.29, 0.717) is 17.2 Å². The summed E-state index contributed by atoms with van der Waals surface area (Å²) < 4.78 is 0. The van der Waals surface area contributed by atoms with Crippen LogP contribution in [-0.4, -0.2) is 34.8 Å². The van der Waals surface area contributed by atoms with Crippen molar-refractivity contribution in [3.63, 3.8) is 0 Å². The Morgan fingerprint density at radius 3 is 2.87 bits per heavy atom. The predicted octanol–water partition coefficient (Wildman–Crippen LogP) is 2.13. The van der Waals surface area contributed by atoms with Crippen LogP contribution in [0.25, 0.3) is 0 Å². The number of rotatable bonds is 4. The van der Waals surface area contributed by atoms with E-state index in [4.69, 9.17) is 5.73 Å². The number of hydrogen-bond acceptors (Lipinski definition) is 2. The minimum atomic E-state index is -0.405. The third-order valence-corrected chi connectivity index (χ3v) is 4.37. The van der Waals surface area contributed by atoms with Gasteiger partial charge in [0.25, 0.3) is 5.91 Å². The van der Waals surface area contributed by atoms with Crippen LogP contribution in [0.15, 0.2) is 36.5 Å². The molecule has 2 aromatic rings. The Bertz CT molecular complexity index is 735. The summed E-state index contributed by atoms with van der Waals surface area (Å²) in [4.78, 5) is 28.6. The van der Waals surface area contributed by atoms with E-state index in [1.807, 2.05) is 42.3 Å². The minimum Gasteiger partial charge on any atom is -0.366 e. The molecular weight excluding hydrogens is 290 g/mol. The molecule has 0 spiro atoms. The molecule has 0 bridgehead atoms. The number of aryl methyl sites for hydroxylation is 1. The Morgan fingerprint density at radius 1 is 1.35 bits per heavy atom. The average molecular weight is 311 g/mol. The lowest BCUT2D eigenvalue weighted by molar-refractivity contribution is 0.0781. The number of benzene rings is 1. The van der Waals surface area contributed by atoms with E-state index in [1.54, 1.807) is 6.07 Å². The van der Waals surface area contributed by atoms with Gasteiger partial charge in [0.2, 0.25) is 5.91 Å². The van der Waals surface area contributed by atoms with E-state index in [9.17, 15) is 9.59 Å². The molecule has 1 aliphatic heterocycles. The maximum absolute atomic E-state index is 12.4. The molecule has 0 saturated carbocycles. The molecule has 1 atom stereocenters. The van der Waals surface area contributed by atoms with Crippen molar-refractivity contribution in [1.82, 2.24) is 9.88 Å². The highest BCUT2D eigenvalue weighted by Gasteiger charge is 2.27. The zero-order valence-electron chi connectivity index (χ0n) is 13.2. The molecule has 1 aliphatic rings. The lowest BCUT2D eigenvalue weighted by Crippen LogP contribution is -2.29. The zero-order chi connectivity index (χ0) is 16.4. The maximum Gasteiger partial charge on any atom is 0.270 e. The fourth-order valence-electron chi connectivity index (χ4n) is 3.17. The van der Waals surface area contributed by atoms with Crippen LogP contribution in [0.1, 0.15) is 38.4 Å². The lowest BCUT2D eigenvalue weighted by atomic mass is 9.97. The van der Waals surface area contributed by atoms with Crippen LogP contribution < -0.4 is 5.73 Å². The number of nitrogens with one attached hydrogen (secondary N) is 1. The predicted molar refractivity (Wildman–Crippen MR) is 88.2 cm³/mol. The molecule has 23 heavy (non-hydrogen) atoms. The van der Waals surface area contributed by atoms with Crippen LogP contribution in [0.5, 0.6) is 0 Å². The van der Waals surface area contributed by atoms with Crippen molar-refractivity contribution in [2.75, 3.05) is 13.1 Å². The fourth-order valence-corrected chi connectivity index (χ4v) is 3.17. The summed E-state index contributed by atoms with van der Waals surface area (Å²) in [5, 5.41) is 0. The first-order valence-corrected chi connectivity index (χ1v) is 7.86. The first-order chi connectivity index (χ1) is 11.0. The molecule has 5 heteroatoms. The number of nitrogens with zero attached hydrogens (tertiary/aromatic N) is 1. The van der Waals surface area contributed by atoms with Gasteiger partial charge in [0.1, 0.15) is 5.69 Å². The molecule has 1 fully saturated rings. The summed E-state index contributed by atoms with van der Waals surface area (Å²) in [5.41, 5.74) is 8.67. The van der Waals surface area contributed by atoms with Gasteiger partial charge in [-0.2, -0.15) is 0 Å². The Kier molecular flexibility index (Phi) is 4.19. The monoisotopic (exact) mass is 311 g/mol. The van der Waals surface area contributed by atoms with E-state index in [-0.39, 0.29) is 5.91 Å². The second-order valence-electron chi connectivity index (χ2n) is 6.27. The van der Waals surface area contributed by atoms with Crippen LogP contribution in [0.3, 0.4) is 0 Å². The first-order valence-electron chi connectivity index (χ1n) is 7.86. The Morgan fingerprint density at radius 2 is 2.17 bits per heavy atom. The normalized spacial score (nSPS) is 17.4. The second-order valence-corrected chi connectivity index (χ2v) is 6.27. The molecule has 2 amide bonds. The van der Waals surface area contributed by atoms with Crippen molar-refractivity contribution in [3.05, 3.63) is 58.9 Å². The van der Waals surface area contributed by atoms with Crippen LogP contribution in [0, 0.1) is 12.8 Å². The van der Waals surface area contributed by atoms with Gasteiger partial charge < -0.3 is 15.6 Å². The number of carbonyl (C=O) groups is 2. The number of aromatic amines is 1. The first kappa shape index (κ1) is 15.3. The maximum atomic E-state index is 12.4. The van der Waals surface area contributed by atoms with Crippen LogP contribution in [0.4, 0.5) is 0 Å². The SMILES string of the molecule is Cc1c[nH]c(C(=O)N2CC[C@@H](Cc3cccc(C(N)=O)c3)C2)c1. The summed E-state index contributed by atoms with van der Waals surface area (Å²) in [6.07, 6.45) is 3.68. The van der Waals surface area contributed by atoms with Gasteiger partial charge in [0, 0.05) is 24.8 Å². The number of amides is 2. The summed E-state index contributed by atoms with van der Waals surface area (Å²) in [6.45, 7) is 3.49. The highest BCUT2D eigenvalue weighted by atomic mass is 16.2. The highest BCUT2D eigenvalue weighted by Crippen LogP contribution is 2.23. The van der Waals surface area contributed by atoms with Gasteiger partial charge in [-0.15, -0.1) is 0 Å². The summed E-state index contributed by atoms with van der Waals surface area (Å²) in [7, 11) is 0. The third-order valence-electron chi connectivity index (χ3n) is 4.37. The Labute approximate surface area is 135 Å². The Balaban J connectivity index is 1.63. The smallest absolute Gasteiger partial charge is 0.270 e. The number of primary amides is 1. The number of aromatic nitrogens is 1. The topological polar surface area (TPSA) is 79.2 Å². The Hall–Kier alpha value is -2.56. The van der Waals surface area contributed by atoms with Crippen molar-refractivity contribution in [3.8, 4) is 0 Å². The summed E-state index contributed by atoms with van der Waals surface area (Å²) >= 11 is 0. The van der Waals surface area contributed by atoms with Crippen molar-refractivity contribution < 1.29 is 9.59 Å². The van der Waals surface area contributed by atoms with Crippen molar-refractivity contribution >= 4 is 11.8 Å². The molecule has 1 saturated heterocycles. The van der Waals surface area contributed by atoms with Crippen molar-refractivity contribution in [2.24, 2.45) is 11.7 Å². The zero-order valence-corrected chi connectivity index (χ0v) is 13.2. The molecular formula is C18H21N3O2. The van der Waals surface area contributed by atoms with Crippen LogP contribution in [-0.2, 0) is 6.42 Å². The molecule has 3 rings (SSSR count). The summed E-state index contributed by atoms with van der Waals surface area (Å²) in [6, 6.07) is 9.32.